The molecule has 2 aliphatic rings. The Balaban J connectivity index is 1.50. The lowest BCUT2D eigenvalue weighted by Gasteiger charge is -2.32. The van der Waals surface area contributed by atoms with Crippen molar-refractivity contribution < 1.29 is 19.6 Å². The van der Waals surface area contributed by atoms with Crippen molar-refractivity contribution in [3.63, 3.8) is 0 Å². The number of carboxylic acids is 1. The summed E-state index contributed by atoms with van der Waals surface area (Å²) in [6.45, 7) is 2.68. The molecule has 1 saturated carbocycles. The molecule has 0 radical (unpaired) electrons. The number of non-ortho nitro benzene ring substituents is 1. The fourth-order valence-electron chi connectivity index (χ4n) is 4.06. The predicted octanol–water partition coefficient (Wildman–Crippen LogP) is 1.81. The highest BCUT2D eigenvalue weighted by Gasteiger charge is 2.59. The van der Waals surface area contributed by atoms with Gasteiger partial charge in [-0.05, 0) is 37.7 Å². The third-order valence-electron chi connectivity index (χ3n) is 5.92. The molecule has 0 bridgehead atoms. The molecule has 1 amide bonds. The first kappa shape index (κ1) is 18.1. The molecule has 1 aromatic heterocycles. The zero-order valence-electron chi connectivity index (χ0n) is 15.2. The van der Waals surface area contributed by atoms with Crippen LogP contribution in [0.3, 0.4) is 0 Å². The van der Waals surface area contributed by atoms with Crippen molar-refractivity contribution >= 4 is 17.6 Å². The standard InChI is InChI=1S/C18H19N5O5/c1-11-15(19-20-22(11)12-3-2-4-13(9-12)23(27)28)16(24)21-7-5-18(6-8-21)10-14(18)17(25)26/h2-4,9,14H,5-8,10H2,1H3,(H,25,26). The fraction of sp³-hybridized carbons (Fsp3) is 0.444. The lowest BCUT2D eigenvalue weighted by atomic mass is 9.90. The van der Waals surface area contributed by atoms with E-state index in [0.717, 1.165) is 0 Å². The molecule has 10 heteroatoms. The van der Waals surface area contributed by atoms with E-state index >= 15 is 0 Å². The van der Waals surface area contributed by atoms with Gasteiger partial charge in [-0.1, -0.05) is 11.3 Å². The van der Waals surface area contributed by atoms with Crippen molar-refractivity contribution in [1.82, 2.24) is 19.9 Å². The number of aromatic nitrogens is 3. The Bertz CT molecular complexity index is 976. The van der Waals surface area contributed by atoms with Gasteiger partial charge in [-0.25, -0.2) is 4.68 Å². The van der Waals surface area contributed by atoms with E-state index in [0.29, 0.717) is 43.7 Å². The zero-order chi connectivity index (χ0) is 20.1. The minimum atomic E-state index is -0.754. The van der Waals surface area contributed by atoms with Crippen LogP contribution in [-0.2, 0) is 4.79 Å². The minimum absolute atomic E-state index is 0.0703. The molecule has 4 rings (SSSR count). The third kappa shape index (κ3) is 2.90. The zero-order valence-corrected chi connectivity index (χ0v) is 15.2. The maximum absolute atomic E-state index is 12.9. The van der Waals surface area contributed by atoms with Crippen molar-refractivity contribution in [1.29, 1.82) is 0 Å². The number of piperidine rings is 1. The Labute approximate surface area is 159 Å². The molecule has 2 aromatic rings. The van der Waals surface area contributed by atoms with Crippen LogP contribution in [0.4, 0.5) is 5.69 Å². The van der Waals surface area contributed by atoms with Crippen molar-refractivity contribution in [2.75, 3.05) is 13.1 Å². The summed E-state index contributed by atoms with van der Waals surface area (Å²) in [5.74, 6) is -1.30. The molecule has 10 nitrogen and oxygen atoms in total. The van der Waals surface area contributed by atoms with Gasteiger partial charge in [-0.15, -0.1) is 5.10 Å². The number of hydrogen-bond acceptors (Lipinski definition) is 6. The Morgan fingerprint density at radius 2 is 2.04 bits per heavy atom. The topological polar surface area (TPSA) is 131 Å². The van der Waals surface area contributed by atoms with E-state index < -0.39 is 10.9 Å². The fourth-order valence-corrected chi connectivity index (χ4v) is 4.06. The molecule has 1 N–H and O–H groups in total. The number of nitro benzene ring substituents is 1. The van der Waals surface area contributed by atoms with Gasteiger partial charge >= 0.3 is 5.97 Å². The maximum atomic E-state index is 12.9. The SMILES string of the molecule is Cc1c(C(=O)N2CCC3(CC2)CC3C(=O)O)nnn1-c1cccc([N+](=O)[O-])c1. The molecule has 2 heterocycles. The van der Waals surface area contributed by atoms with E-state index in [-0.39, 0.29) is 28.6 Å². The van der Waals surface area contributed by atoms with Gasteiger partial charge in [0.25, 0.3) is 11.6 Å². The summed E-state index contributed by atoms with van der Waals surface area (Å²) < 4.78 is 1.41. The van der Waals surface area contributed by atoms with Gasteiger partial charge < -0.3 is 10.0 Å². The lowest BCUT2D eigenvalue weighted by Crippen LogP contribution is -2.40. The number of nitro groups is 1. The highest BCUT2D eigenvalue weighted by molar-refractivity contribution is 5.93. The maximum Gasteiger partial charge on any atom is 0.307 e. The number of hydrogen-bond donors (Lipinski definition) is 1. The van der Waals surface area contributed by atoms with E-state index in [1.807, 2.05) is 0 Å². The molecule has 1 unspecified atom stereocenters. The van der Waals surface area contributed by atoms with Gasteiger partial charge in [0.05, 0.1) is 22.2 Å². The Hall–Kier alpha value is -3.30. The first-order valence-electron chi connectivity index (χ1n) is 9.02. The molecular weight excluding hydrogens is 366 g/mol. The van der Waals surface area contributed by atoms with Crippen molar-refractivity contribution in [3.8, 4) is 5.69 Å². The second-order valence-corrected chi connectivity index (χ2v) is 7.46. The van der Waals surface area contributed by atoms with Crippen molar-refractivity contribution in [2.45, 2.75) is 26.2 Å². The molecule has 2 fully saturated rings. The number of amides is 1. The Kier molecular flexibility index (Phi) is 4.13. The summed E-state index contributed by atoms with van der Waals surface area (Å²) in [5.41, 5.74) is 0.934. The predicted molar refractivity (Wildman–Crippen MR) is 96.1 cm³/mol. The van der Waals surface area contributed by atoms with E-state index in [1.54, 1.807) is 24.0 Å². The number of aliphatic carboxylic acids is 1. The molecule has 146 valence electrons. The highest BCUT2D eigenvalue weighted by Crippen LogP contribution is 2.59. The summed E-state index contributed by atoms with van der Waals surface area (Å²) in [5, 5.41) is 28.1. The van der Waals surface area contributed by atoms with Crippen LogP contribution in [0.1, 0.15) is 35.4 Å². The van der Waals surface area contributed by atoms with Crippen LogP contribution < -0.4 is 0 Å². The number of rotatable bonds is 4. The van der Waals surface area contributed by atoms with Gasteiger partial charge in [0.2, 0.25) is 0 Å². The largest absolute Gasteiger partial charge is 0.481 e. The molecule has 1 atom stereocenters. The van der Waals surface area contributed by atoms with Crippen LogP contribution in [0.15, 0.2) is 24.3 Å². The summed E-state index contributed by atoms with van der Waals surface area (Å²) in [4.78, 5) is 36.2. The van der Waals surface area contributed by atoms with E-state index in [4.69, 9.17) is 0 Å². The molecule has 1 aromatic carbocycles. The monoisotopic (exact) mass is 385 g/mol. The lowest BCUT2D eigenvalue weighted by molar-refractivity contribution is -0.384. The van der Waals surface area contributed by atoms with Crippen LogP contribution in [0.2, 0.25) is 0 Å². The van der Waals surface area contributed by atoms with Crippen LogP contribution in [-0.4, -0.2) is 54.9 Å². The number of carbonyl (C=O) groups is 2. The number of benzene rings is 1. The number of nitrogens with zero attached hydrogens (tertiary/aromatic N) is 5. The smallest absolute Gasteiger partial charge is 0.307 e. The third-order valence-corrected chi connectivity index (χ3v) is 5.92. The second-order valence-electron chi connectivity index (χ2n) is 7.46. The summed E-state index contributed by atoms with van der Waals surface area (Å²) in [6.07, 6.45) is 2.04. The van der Waals surface area contributed by atoms with Gasteiger partial charge in [0.1, 0.15) is 0 Å². The van der Waals surface area contributed by atoms with Gasteiger partial charge in [-0.3, -0.25) is 19.7 Å². The molecular formula is C18H19N5O5. The molecule has 1 aliphatic carbocycles. The van der Waals surface area contributed by atoms with Crippen molar-refractivity contribution in [3.05, 3.63) is 45.8 Å². The van der Waals surface area contributed by atoms with Gasteiger partial charge in [0, 0.05) is 25.2 Å². The quantitative estimate of drug-likeness (QED) is 0.627. The van der Waals surface area contributed by atoms with Crippen LogP contribution in [0.25, 0.3) is 5.69 Å². The summed E-state index contributed by atoms with van der Waals surface area (Å²) >= 11 is 0. The normalized spacial score (nSPS) is 20.2. The van der Waals surface area contributed by atoms with Crippen molar-refractivity contribution in [2.24, 2.45) is 11.3 Å². The number of likely N-dealkylation sites (tertiary alicyclic amines) is 1. The number of carboxylic acid groups (broad SMARTS) is 1. The van der Waals surface area contributed by atoms with E-state index in [9.17, 15) is 24.8 Å². The minimum Gasteiger partial charge on any atom is -0.481 e. The van der Waals surface area contributed by atoms with E-state index in [1.165, 1.54) is 16.8 Å². The summed E-state index contributed by atoms with van der Waals surface area (Å²) in [6, 6.07) is 5.97. The average Bonchev–Trinajstić information content (AvgIpc) is 3.25. The van der Waals surface area contributed by atoms with Crippen LogP contribution in [0, 0.1) is 28.4 Å². The van der Waals surface area contributed by atoms with Crippen LogP contribution >= 0.6 is 0 Å². The Morgan fingerprint density at radius 3 is 2.64 bits per heavy atom. The summed E-state index contributed by atoms with van der Waals surface area (Å²) in [7, 11) is 0. The second kappa shape index (κ2) is 6.39. The average molecular weight is 385 g/mol. The first-order valence-corrected chi connectivity index (χ1v) is 9.02. The highest BCUT2D eigenvalue weighted by atomic mass is 16.6. The van der Waals surface area contributed by atoms with E-state index in [2.05, 4.69) is 10.3 Å². The van der Waals surface area contributed by atoms with Gasteiger partial charge in [0.15, 0.2) is 5.69 Å². The molecule has 1 saturated heterocycles. The first-order chi connectivity index (χ1) is 13.3. The molecule has 28 heavy (non-hydrogen) atoms. The Morgan fingerprint density at radius 1 is 1.32 bits per heavy atom. The molecule has 1 spiro atoms. The number of carbonyl (C=O) groups excluding carboxylic acids is 1. The van der Waals surface area contributed by atoms with Gasteiger partial charge in [-0.2, -0.15) is 0 Å². The van der Waals surface area contributed by atoms with Crippen LogP contribution in [0.5, 0.6) is 0 Å². The molecule has 1 aliphatic heterocycles.